The van der Waals surface area contributed by atoms with E-state index >= 15 is 0 Å². The van der Waals surface area contributed by atoms with E-state index in [-0.39, 0.29) is 12.1 Å². The molecule has 0 amide bonds. The minimum Gasteiger partial charge on any atom is -0.370 e. The molecule has 0 bridgehead atoms. The van der Waals surface area contributed by atoms with Crippen molar-refractivity contribution in [2.45, 2.75) is 77.7 Å². The number of rotatable bonds is 5. The van der Waals surface area contributed by atoms with Crippen molar-refractivity contribution in [1.29, 1.82) is 0 Å². The van der Waals surface area contributed by atoms with Crippen LogP contribution in [0.2, 0.25) is 0 Å². The summed E-state index contributed by atoms with van der Waals surface area (Å²) in [5.74, 6) is 0. The molecular formula is C15H27N3O. The fraction of sp³-hybridized carbons (Fsp3) is 0.800. The lowest BCUT2D eigenvalue weighted by Crippen LogP contribution is -2.35. The summed E-state index contributed by atoms with van der Waals surface area (Å²) < 4.78 is 8.12. The van der Waals surface area contributed by atoms with Crippen LogP contribution in [-0.4, -0.2) is 21.9 Å². The third-order valence-electron chi connectivity index (χ3n) is 4.02. The molecule has 0 aliphatic heterocycles. The third-order valence-corrected chi connectivity index (χ3v) is 4.02. The first-order valence-electron chi connectivity index (χ1n) is 7.67. The number of nitrogens with two attached hydrogens (primary N) is 1. The average Bonchev–Trinajstić information content (AvgIpc) is 2.72. The molecule has 1 fully saturated rings. The summed E-state index contributed by atoms with van der Waals surface area (Å²) in [5.41, 5.74) is 8.52. The first kappa shape index (κ1) is 14.5. The maximum atomic E-state index is 6.20. The minimum absolute atomic E-state index is 0.200. The van der Waals surface area contributed by atoms with Gasteiger partial charge in [-0.1, -0.05) is 26.2 Å². The maximum absolute atomic E-state index is 6.20. The van der Waals surface area contributed by atoms with Crippen molar-refractivity contribution in [2.75, 3.05) is 0 Å². The van der Waals surface area contributed by atoms with Gasteiger partial charge in [-0.2, -0.15) is 5.10 Å². The van der Waals surface area contributed by atoms with Crippen LogP contribution in [0.1, 0.15) is 57.3 Å². The van der Waals surface area contributed by atoms with Crippen LogP contribution in [0, 0.1) is 0 Å². The van der Waals surface area contributed by atoms with Crippen molar-refractivity contribution in [3.05, 3.63) is 17.5 Å². The predicted octanol–water partition coefficient (Wildman–Crippen LogP) is 2.64. The zero-order valence-corrected chi connectivity index (χ0v) is 12.3. The van der Waals surface area contributed by atoms with E-state index in [1.807, 2.05) is 4.68 Å². The van der Waals surface area contributed by atoms with Crippen molar-refractivity contribution in [3.63, 3.8) is 0 Å². The summed E-state index contributed by atoms with van der Waals surface area (Å²) >= 11 is 0. The molecule has 19 heavy (non-hydrogen) atoms. The number of ether oxygens (including phenoxy) is 1. The molecule has 1 aromatic heterocycles. The molecule has 2 unspecified atom stereocenters. The van der Waals surface area contributed by atoms with Gasteiger partial charge in [-0.05, 0) is 32.3 Å². The van der Waals surface area contributed by atoms with E-state index in [2.05, 4.69) is 25.0 Å². The Morgan fingerprint density at radius 2 is 2.11 bits per heavy atom. The van der Waals surface area contributed by atoms with Crippen molar-refractivity contribution in [2.24, 2.45) is 5.73 Å². The number of aryl methyl sites for hydroxylation is 2. The van der Waals surface area contributed by atoms with Gasteiger partial charge in [-0.25, -0.2) is 0 Å². The van der Waals surface area contributed by atoms with E-state index in [9.17, 15) is 0 Å². The SMILES string of the molecule is CCc1cc(COC2CCCCCC2N)n(CC)n1. The summed E-state index contributed by atoms with van der Waals surface area (Å²) in [7, 11) is 0. The van der Waals surface area contributed by atoms with Crippen molar-refractivity contribution in [1.82, 2.24) is 9.78 Å². The molecule has 0 aromatic carbocycles. The lowest BCUT2D eigenvalue weighted by atomic mass is 10.1. The Kier molecular flexibility index (Phi) is 5.40. The van der Waals surface area contributed by atoms with Crippen LogP contribution in [0.5, 0.6) is 0 Å². The van der Waals surface area contributed by atoms with Crippen LogP contribution in [0.25, 0.3) is 0 Å². The molecule has 1 aliphatic rings. The quantitative estimate of drug-likeness (QED) is 0.833. The first-order valence-corrected chi connectivity index (χ1v) is 7.67. The Bertz CT molecular complexity index is 389. The molecule has 2 atom stereocenters. The van der Waals surface area contributed by atoms with Crippen LogP contribution in [0.4, 0.5) is 0 Å². The predicted molar refractivity (Wildman–Crippen MR) is 76.9 cm³/mol. The Hall–Kier alpha value is -0.870. The Morgan fingerprint density at radius 1 is 1.32 bits per heavy atom. The highest BCUT2D eigenvalue weighted by atomic mass is 16.5. The summed E-state index contributed by atoms with van der Waals surface area (Å²) in [6, 6.07) is 2.36. The zero-order chi connectivity index (χ0) is 13.7. The van der Waals surface area contributed by atoms with Crippen LogP contribution < -0.4 is 5.73 Å². The second-order valence-electron chi connectivity index (χ2n) is 5.45. The van der Waals surface area contributed by atoms with E-state index in [4.69, 9.17) is 10.5 Å². The molecule has 4 heteroatoms. The van der Waals surface area contributed by atoms with Gasteiger partial charge in [0.15, 0.2) is 0 Å². The normalized spacial score (nSPS) is 24.4. The topological polar surface area (TPSA) is 53.1 Å². The fourth-order valence-electron chi connectivity index (χ4n) is 2.78. The highest BCUT2D eigenvalue weighted by Crippen LogP contribution is 2.20. The lowest BCUT2D eigenvalue weighted by Gasteiger charge is -2.21. The molecule has 0 spiro atoms. The molecular weight excluding hydrogens is 238 g/mol. The molecule has 108 valence electrons. The molecule has 0 saturated heterocycles. The minimum atomic E-state index is 0.200. The van der Waals surface area contributed by atoms with Gasteiger partial charge in [0.05, 0.1) is 24.1 Å². The van der Waals surface area contributed by atoms with E-state index < -0.39 is 0 Å². The van der Waals surface area contributed by atoms with Crippen LogP contribution in [0.15, 0.2) is 6.07 Å². The van der Waals surface area contributed by atoms with Crippen molar-refractivity contribution in [3.8, 4) is 0 Å². The second-order valence-corrected chi connectivity index (χ2v) is 5.45. The Morgan fingerprint density at radius 3 is 2.84 bits per heavy atom. The molecule has 1 heterocycles. The van der Waals surface area contributed by atoms with Gasteiger partial charge in [0.25, 0.3) is 0 Å². The number of aromatic nitrogens is 2. The monoisotopic (exact) mass is 265 g/mol. The molecule has 0 radical (unpaired) electrons. The van der Waals surface area contributed by atoms with Gasteiger partial charge in [-0.15, -0.1) is 0 Å². The molecule has 2 N–H and O–H groups in total. The molecule has 1 aromatic rings. The largest absolute Gasteiger partial charge is 0.370 e. The van der Waals surface area contributed by atoms with Crippen molar-refractivity contribution < 1.29 is 4.74 Å². The summed E-state index contributed by atoms with van der Waals surface area (Å²) in [4.78, 5) is 0. The molecule has 1 saturated carbocycles. The van der Waals surface area contributed by atoms with E-state index in [0.717, 1.165) is 31.5 Å². The smallest absolute Gasteiger partial charge is 0.0889 e. The van der Waals surface area contributed by atoms with Crippen molar-refractivity contribution >= 4 is 0 Å². The maximum Gasteiger partial charge on any atom is 0.0889 e. The summed E-state index contributed by atoms with van der Waals surface area (Å²) in [6.07, 6.45) is 7.16. The standard InChI is InChI=1S/C15H27N3O/c1-3-12-10-13(18(4-2)17-12)11-19-15-9-7-5-6-8-14(15)16/h10,14-15H,3-9,11,16H2,1-2H3. The number of hydrogen-bond acceptors (Lipinski definition) is 3. The van der Waals surface area contributed by atoms with Gasteiger partial charge < -0.3 is 10.5 Å². The third kappa shape index (κ3) is 3.80. The number of nitrogens with zero attached hydrogens (tertiary/aromatic N) is 2. The first-order chi connectivity index (χ1) is 9.24. The molecule has 2 rings (SSSR count). The average molecular weight is 265 g/mol. The van der Waals surface area contributed by atoms with Crippen LogP contribution in [0.3, 0.4) is 0 Å². The highest BCUT2D eigenvalue weighted by molar-refractivity contribution is 5.09. The lowest BCUT2D eigenvalue weighted by molar-refractivity contribution is 0.0161. The van der Waals surface area contributed by atoms with E-state index in [1.165, 1.54) is 25.0 Å². The van der Waals surface area contributed by atoms with Gasteiger partial charge in [0.2, 0.25) is 0 Å². The van der Waals surface area contributed by atoms with E-state index in [1.54, 1.807) is 0 Å². The summed E-state index contributed by atoms with van der Waals surface area (Å²) in [6.45, 7) is 5.79. The molecule has 1 aliphatic carbocycles. The Balaban J connectivity index is 1.95. The summed E-state index contributed by atoms with van der Waals surface area (Å²) in [5, 5.41) is 4.55. The number of hydrogen-bond donors (Lipinski definition) is 1. The van der Waals surface area contributed by atoms with Crippen LogP contribution >= 0.6 is 0 Å². The van der Waals surface area contributed by atoms with Gasteiger partial charge in [0, 0.05) is 12.6 Å². The second kappa shape index (κ2) is 7.06. The van der Waals surface area contributed by atoms with Gasteiger partial charge in [-0.3, -0.25) is 4.68 Å². The van der Waals surface area contributed by atoms with E-state index in [0.29, 0.717) is 6.61 Å². The van der Waals surface area contributed by atoms with Gasteiger partial charge >= 0.3 is 0 Å². The zero-order valence-electron chi connectivity index (χ0n) is 12.3. The fourth-order valence-corrected chi connectivity index (χ4v) is 2.78. The highest BCUT2D eigenvalue weighted by Gasteiger charge is 2.21. The van der Waals surface area contributed by atoms with Gasteiger partial charge in [0.1, 0.15) is 0 Å². The van der Waals surface area contributed by atoms with Crippen LogP contribution in [-0.2, 0) is 24.3 Å². The Labute approximate surface area is 116 Å². The molecule has 4 nitrogen and oxygen atoms in total.